The molecule has 1 fully saturated rings. The second kappa shape index (κ2) is 5.72. The molecule has 20 heavy (non-hydrogen) atoms. The molecule has 0 aliphatic heterocycles. The van der Waals surface area contributed by atoms with E-state index in [0.717, 1.165) is 12.8 Å². The maximum Gasteiger partial charge on any atom is 0.131 e. The van der Waals surface area contributed by atoms with Crippen molar-refractivity contribution in [2.45, 2.75) is 59.1 Å². The first-order chi connectivity index (χ1) is 9.28. The van der Waals surface area contributed by atoms with Crippen molar-refractivity contribution in [3.63, 3.8) is 0 Å². The van der Waals surface area contributed by atoms with Crippen molar-refractivity contribution >= 4 is 0 Å². The molecular formula is C17H26FNO. The SMILES string of the molecule is CC1CC(Oc2cccc(F)c2[C@H](C)N)CC(C)(C)C1. The Hall–Kier alpha value is -1.09. The quantitative estimate of drug-likeness (QED) is 0.887. The van der Waals surface area contributed by atoms with Crippen LogP contribution in [-0.2, 0) is 0 Å². The highest BCUT2D eigenvalue weighted by Gasteiger charge is 2.33. The monoisotopic (exact) mass is 279 g/mol. The van der Waals surface area contributed by atoms with Gasteiger partial charge < -0.3 is 10.5 Å². The van der Waals surface area contributed by atoms with Gasteiger partial charge in [0.05, 0.1) is 6.10 Å². The Morgan fingerprint density at radius 1 is 1.35 bits per heavy atom. The summed E-state index contributed by atoms with van der Waals surface area (Å²) in [7, 11) is 0. The van der Waals surface area contributed by atoms with Gasteiger partial charge >= 0.3 is 0 Å². The number of rotatable bonds is 3. The van der Waals surface area contributed by atoms with Crippen molar-refractivity contribution in [3.05, 3.63) is 29.6 Å². The van der Waals surface area contributed by atoms with Gasteiger partial charge in [0.2, 0.25) is 0 Å². The molecule has 0 heterocycles. The number of ether oxygens (including phenoxy) is 1. The van der Waals surface area contributed by atoms with Crippen molar-refractivity contribution in [1.82, 2.24) is 0 Å². The summed E-state index contributed by atoms with van der Waals surface area (Å²) in [6.45, 7) is 8.60. The predicted molar refractivity (Wildman–Crippen MR) is 80.2 cm³/mol. The van der Waals surface area contributed by atoms with Crippen molar-refractivity contribution in [2.75, 3.05) is 0 Å². The molecule has 0 amide bonds. The van der Waals surface area contributed by atoms with E-state index in [1.807, 2.05) is 6.07 Å². The first-order valence-electron chi connectivity index (χ1n) is 7.49. The fourth-order valence-corrected chi connectivity index (χ4v) is 3.59. The lowest BCUT2D eigenvalue weighted by Crippen LogP contribution is -2.34. The molecule has 2 rings (SSSR count). The molecule has 0 aromatic heterocycles. The van der Waals surface area contributed by atoms with Gasteiger partial charge in [0.1, 0.15) is 11.6 Å². The van der Waals surface area contributed by atoms with Crippen LogP contribution < -0.4 is 10.5 Å². The number of hydrogen-bond acceptors (Lipinski definition) is 2. The summed E-state index contributed by atoms with van der Waals surface area (Å²) in [5.74, 6) is 0.964. The Labute approximate surface area is 121 Å². The molecular weight excluding hydrogens is 253 g/mol. The largest absolute Gasteiger partial charge is 0.490 e. The van der Waals surface area contributed by atoms with E-state index in [0.29, 0.717) is 17.2 Å². The first kappa shape index (κ1) is 15.3. The van der Waals surface area contributed by atoms with Gasteiger partial charge in [-0.2, -0.15) is 0 Å². The van der Waals surface area contributed by atoms with Crippen LogP contribution in [-0.4, -0.2) is 6.10 Å². The summed E-state index contributed by atoms with van der Waals surface area (Å²) < 4.78 is 20.0. The molecule has 3 atom stereocenters. The van der Waals surface area contributed by atoms with Crippen LogP contribution in [0.25, 0.3) is 0 Å². The van der Waals surface area contributed by atoms with Gasteiger partial charge in [0.15, 0.2) is 0 Å². The molecule has 2 unspecified atom stereocenters. The molecule has 1 aromatic carbocycles. The minimum absolute atomic E-state index is 0.146. The predicted octanol–water partition coefficient (Wildman–Crippen LogP) is 4.44. The lowest BCUT2D eigenvalue weighted by molar-refractivity contribution is 0.0552. The van der Waals surface area contributed by atoms with E-state index in [4.69, 9.17) is 10.5 Å². The van der Waals surface area contributed by atoms with Gasteiger partial charge in [-0.1, -0.05) is 26.8 Å². The van der Waals surface area contributed by atoms with E-state index in [1.54, 1.807) is 13.0 Å². The Bertz CT molecular complexity index is 470. The highest BCUT2D eigenvalue weighted by Crippen LogP contribution is 2.40. The van der Waals surface area contributed by atoms with E-state index >= 15 is 0 Å². The van der Waals surface area contributed by atoms with Gasteiger partial charge in [-0.3, -0.25) is 0 Å². The lowest BCUT2D eigenvalue weighted by Gasteiger charge is -2.39. The highest BCUT2D eigenvalue weighted by atomic mass is 19.1. The Morgan fingerprint density at radius 3 is 2.65 bits per heavy atom. The second-order valence-corrected chi connectivity index (χ2v) is 7.09. The minimum Gasteiger partial charge on any atom is -0.490 e. The molecule has 112 valence electrons. The van der Waals surface area contributed by atoms with Crippen LogP contribution >= 0.6 is 0 Å². The maximum atomic E-state index is 13.9. The summed E-state index contributed by atoms with van der Waals surface area (Å²) in [5, 5.41) is 0. The summed E-state index contributed by atoms with van der Waals surface area (Å²) in [4.78, 5) is 0. The molecule has 2 N–H and O–H groups in total. The summed E-state index contributed by atoms with van der Waals surface area (Å²) >= 11 is 0. The topological polar surface area (TPSA) is 35.2 Å². The summed E-state index contributed by atoms with van der Waals surface area (Å²) in [5.41, 5.74) is 6.65. The molecule has 0 bridgehead atoms. The van der Waals surface area contributed by atoms with Crippen LogP contribution in [0.2, 0.25) is 0 Å². The third kappa shape index (κ3) is 3.51. The van der Waals surface area contributed by atoms with Crippen LogP contribution in [0.4, 0.5) is 4.39 Å². The van der Waals surface area contributed by atoms with Crippen LogP contribution in [0.5, 0.6) is 5.75 Å². The third-order valence-electron chi connectivity index (χ3n) is 4.11. The molecule has 1 aliphatic rings. The smallest absolute Gasteiger partial charge is 0.131 e. The van der Waals surface area contributed by atoms with Gasteiger partial charge in [-0.25, -0.2) is 4.39 Å². The van der Waals surface area contributed by atoms with E-state index in [9.17, 15) is 4.39 Å². The van der Waals surface area contributed by atoms with Gasteiger partial charge in [-0.05, 0) is 49.7 Å². The number of nitrogens with two attached hydrogens (primary N) is 1. The minimum atomic E-state index is -0.361. The van der Waals surface area contributed by atoms with E-state index in [-0.39, 0.29) is 23.4 Å². The molecule has 3 heteroatoms. The van der Waals surface area contributed by atoms with Crippen LogP contribution in [0, 0.1) is 17.2 Å². The molecule has 2 nitrogen and oxygen atoms in total. The second-order valence-electron chi connectivity index (χ2n) is 7.09. The van der Waals surface area contributed by atoms with Crippen molar-refractivity contribution in [3.8, 4) is 5.75 Å². The van der Waals surface area contributed by atoms with Crippen molar-refractivity contribution in [2.24, 2.45) is 17.1 Å². The lowest BCUT2D eigenvalue weighted by atomic mass is 9.71. The first-order valence-corrected chi connectivity index (χ1v) is 7.49. The molecule has 0 spiro atoms. The molecule has 0 saturated heterocycles. The van der Waals surface area contributed by atoms with Crippen LogP contribution in [0.1, 0.15) is 58.6 Å². The fourth-order valence-electron chi connectivity index (χ4n) is 3.59. The normalized spacial score (nSPS) is 27.1. The molecule has 0 radical (unpaired) electrons. The van der Waals surface area contributed by atoms with Crippen LogP contribution in [0.15, 0.2) is 18.2 Å². The van der Waals surface area contributed by atoms with E-state index < -0.39 is 0 Å². The van der Waals surface area contributed by atoms with Gasteiger partial charge in [0, 0.05) is 11.6 Å². The Morgan fingerprint density at radius 2 is 2.05 bits per heavy atom. The van der Waals surface area contributed by atoms with E-state index in [2.05, 4.69) is 20.8 Å². The zero-order valence-electron chi connectivity index (χ0n) is 12.9. The Balaban J connectivity index is 2.20. The number of hydrogen-bond donors (Lipinski definition) is 1. The Kier molecular flexibility index (Phi) is 4.38. The van der Waals surface area contributed by atoms with Crippen molar-refractivity contribution < 1.29 is 9.13 Å². The van der Waals surface area contributed by atoms with Crippen LogP contribution in [0.3, 0.4) is 0 Å². The maximum absolute atomic E-state index is 13.9. The van der Waals surface area contributed by atoms with Gasteiger partial charge in [-0.15, -0.1) is 0 Å². The fraction of sp³-hybridized carbons (Fsp3) is 0.647. The zero-order valence-corrected chi connectivity index (χ0v) is 12.9. The summed E-state index contributed by atoms with van der Waals surface area (Å²) in [6, 6.07) is 4.60. The number of benzene rings is 1. The average Bonchev–Trinajstić information content (AvgIpc) is 2.25. The van der Waals surface area contributed by atoms with Gasteiger partial charge in [0.25, 0.3) is 0 Å². The number of halogens is 1. The molecule has 1 saturated carbocycles. The third-order valence-corrected chi connectivity index (χ3v) is 4.11. The standard InChI is InChI=1S/C17H26FNO/c1-11-8-13(10-17(3,4)9-11)20-15-7-5-6-14(18)16(15)12(2)19/h5-7,11-13H,8-10,19H2,1-4H3/t11?,12-,13?/m0/s1. The molecule has 1 aliphatic carbocycles. The highest BCUT2D eigenvalue weighted by molar-refractivity contribution is 5.37. The summed E-state index contributed by atoms with van der Waals surface area (Å²) in [6.07, 6.45) is 3.40. The average molecular weight is 279 g/mol. The van der Waals surface area contributed by atoms with E-state index in [1.165, 1.54) is 12.5 Å². The molecule has 1 aromatic rings. The van der Waals surface area contributed by atoms with Crippen molar-refractivity contribution in [1.29, 1.82) is 0 Å². The zero-order chi connectivity index (χ0) is 14.9.